The Morgan fingerprint density at radius 1 is 1.35 bits per heavy atom. The van der Waals surface area contributed by atoms with Gasteiger partial charge in [-0.3, -0.25) is 9.78 Å². The van der Waals surface area contributed by atoms with Crippen molar-refractivity contribution in [2.24, 2.45) is 0 Å². The molecule has 0 saturated heterocycles. The molecule has 0 saturated carbocycles. The average Bonchev–Trinajstić information content (AvgIpc) is 2.40. The molecular formula is C14H15FN4O. The van der Waals surface area contributed by atoms with E-state index in [9.17, 15) is 9.18 Å². The maximum absolute atomic E-state index is 13.4. The Balaban J connectivity index is 2.22. The minimum atomic E-state index is -0.585. The largest absolute Gasteiger partial charge is 0.397 e. The highest BCUT2D eigenvalue weighted by atomic mass is 19.1. The lowest BCUT2D eigenvalue weighted by Crippen LogP contribution is -2.15. The first-order valence-electron chi connectivity index (χ1n) is 5.96. The van der Waals surface area contributed by atoms with Crippen LogP contribution in [-0.2, 0) is 0 Å². The molecule has 0 radical (unpaired) electrons. The molecule has 1 aromatic carbocycles. The van der Waals surface area contributed by atoms with Gasteiger partial charge in [-0.05, 0) is 24.3 Å². The van der Waals surface area contributed by atoms with Crippen LogP contribution in [0.5, 0.6) is 0 Å². The molecule has 0 bridgehead atoms. The van der Waals surface area contributed by atoms with Crippen LogP contribution in [0, 0.1) is 5.82 Å². The second kappa shape index (κ2) is 5.56. The van der Waals surface area contributed by atoms with Crippen molar-refractivity contribution < 1.29 is 9.18 Å². The summed E-state index contributed by atoms with van der Waals surface area (Å²) in [6.07, 6.45) is 2.45. The number of pyridine rings is 1. The van der Waals surface area contributed by atoms with Crippen LogP contribution >= 0.6 is 0 Å². The van der Waals surface area contributed by atoms with Crippen molar-refractivity contribution in [2.45, 2.75) is 0 Å². The monoisotopic (exact) mass is 274 g/mol. The van der Waals surface area contributed by atoms with Gasteiger partial charge in [-0.25, -0.2) is 4.39 Å². The number of nitrogen functional groups attached to an aromatic ring is 1. The molecular weight excluding hydrogens is 259 g/mol. The minimum Gasteiger partial charge on any atom is -0.397 e. The lowest BCUT2D eigenvalue weighted by molar-refractivity contribution is 0.102. The van der Waals surface area contributed by atoms with Gasteiger partial charge in [0, 0.05) is 25.9 Å². The van der Waals surface area contributed by atoms with Gasteiger partial charge < -0.3 is 16.0 Å². The molecule has 0 aliphatic carbocycles. The van der Waals surface area contributed by atoms with Crippen molar-refractivity contribution in [2.75, 3.05) is 30.0 Å². The molecule has 20 heavy (non-hydrogen) atoms. The highest BCUT2D eigenvalue weighted by molar-refractivity contribution is 6.05. The third kappa shape index (κ3) is 2.85. The van der Waals surface area contributed by atoms with Crippen molar-refractivity contribution in [1.82, 2.24) is 4.98 Å². The van der Waals surface area contributed by atoms with E-state index in [-0.39, 0.29) is 5.69 Å². The lowest BCUT2D eigenvalue weighted by atomic mass is 10.1. The zero-order valence-electron chi connectivity index (χ0n) is 11.2. The first-order valence-corrected chi connectivity index (χ1v) is 5.96. The van der Waals surface area contributed by atoms with Gasteiger partial charge >= 0.3 is 0 Å². The van der Waals surface area contributed by atoms with E-state index in [1.165, 1.54) is 12.3 Å². The molecule has 0 fully saturated rings. The van der Waals surface area contributed by atoms with Crippen molar-refractivity contribution in [3.63, 3.8) is 0 Å². The van der Waals surface area contributed by atoms with Crippen LogP contribution in [0.2, 0.25) is 0 Å². The number of nitrogens with two attached hydrogens (primary N) is 1. The quantitative estimate of drug-likeness (QED) is 0.841. The van der Waals surface area contributed by atoms with E-state index in [0.29, 0.717) is 11.3 Å². The summed E-state index contributed by atoms with van der Waals surface area (Å²) in [5, 5.41) is 2.48. The van der Waals surface area contributed by atoms with Crippen LogP contribution in [0.3, 0.4) is 0 Å². The Morgan fingerprint density at radius 3 is 2.70 bits per heavy atom. The SMILES string of the molecule is CN(C)c1ccc(C(=O)Nc2ccncc2F)cc1N. The third-order valence-electron chi connectivity index (χ3n) is 2.79. The highest BCUT2D eigenvalue weighted by Gasteiger charge is 2.11. The second-order valence-corrected chi connectivity index (χ2v) is 4.48. The van der Waals surface area contributed by atoms with Gasteiger partial charge in [-0.15, -0.1) is 0 Å². The number of nitrogens with one attached hydrogen (secondary N) is 1. The van der Waals surface area contributed by atoms with E-state index < -0.39 is 11.7 Å². The van der Waals surface area contributed by atoms with Crippen molar-refractivity contribution >= 4 is 23.0 Å². The van der Waals surface area contributed by atoms with Gasteiger partial charge in [0.05, 0.1) is 23.3 Å². The predicted molar refractivity (Wildman–Crippen MR) is 77.3 cm³/mol. The van der Waals surface area contributed by atoms with Crippen LogP contribution in [0.1, 0.15) is 10.4 Å². The molecule has 5 nitrogen and oxygen atoms in total. The Bertz CT molecular complexity index is 643. The van der Waals surface area contributed by atoms with Gasteiger partial charge in [0.2, 0.25) is 0 Å². The topological polar surface area (TPSA) is 71.2 Å². The van der Waals surface area contributed by atoms with Crippen LogP contribution in [-0.4, -0.2) is 25.0 Å². The summed E-state index contributed by atoms with van der Waals surface area (Å²) in [6.45, 7) is 0. The lowest BCUT2D eigenvalue weighted by Gasteiger charge is -2.16. The highest BCUT2D eigenvalue weighted by Crippen LogP contribution is 2.23. The fourth-order valence-electron chi connectivity index (χ4n) is 1.77. The summed E-state index contributed by atoms with van der Waals surface area (Å²) in [4.78, 5) is 17.5. The summed E-state index contributed by atoms with van der Waals surface area (Å²) in [5.74, 6) is -1.01. The summed E-state index contributed by atoms with van der Waals surface area (Å²) < 4.78 is 13.4. The first-order chi connectivity index (χ1) is 9.49. The number of amides is 1. The Morgan fingerprint density at radius 2 is 2.10 bits per heavy atom. The molecule has 1 aromatic heterocycles. The molecule has 0 aliphatic rings. The van der Waals surface area contributed by atoms with Gasteiger partial charge in [0.1, 0.15) is 0 Å². The maximum Gasteiger partial charge on any atom is 0.255 e. The second-order valence-electron chi connectivity index (χ2n) is 4.48. The number of carbonyl (C=O) groups is 1. The average molecular weight is 274 g/mol. The van der Waals surface area contributed by atoms with Crippen LogP contribution in [0.25, 0.3) is 0 Å². The summed E-state index contributed by atoms with van der Waals surface area (Å²) in [5.41, 5.74) is 7.63. The zero-order chi connectivity index (χ0) is 14.7. The molecule has 3 N–H and O–H groups in total. The number of halogens is 1. The van der Waals surface area contributed by atoms with Crippen molar-refractivity contribution in [3.8, 4) is 0 Å². The Kier molecular flexibility index (Phi) is 3.84. The van der Waals surface area contributed by atoms with Gasteiger partial charge in [0.15, 0.2) is 5.82 Å². The smallest absolute Gasteiger partial charge is 0.255 e. The number of rotatable bonds is 3. The first kappa shape index (κ1) is 13.8. The number of benzene rings is 1. The molecule has 6 heteroatoms. The number of hydrogen-bond acceptors (Lipinski definition) is 4. The van der Waals surface area contributed by atoms with Crippen molar-refractivity contribution in [1.29, 1.82) is 0 Å². The zero-order valence-corrected chi connectivity index (χ0v) is 11.2. The van der Waals surface area contributed by atoms with Gasteiger partial charge in [0.25, 0.3) is 5.91 Å². The van der Waals surface area contributed by atoms with Crippen LogP contribution < -0.4 is 16.0 Å². The van der Waals surface area contributed by atoms with E-state index in [2.05, 4.69) is 10.3 Å². The van der Waals surface area contributed by atoms with Gasteiger partial charge in [-0.2, -0.15) is 0 Å². The molecule has 1 amide bonds. The molecule has 0 unspecified atom stereocenters. The minimum absolute atomic E-state index is 0.0836. The number of aromatic nitrogens is 1. The molecule has 2 rings (SSSR count). The van der Waals surface area contributed by atoms with E-state index in [0.717, 1.165) is 11.9 Å². The molecule has 0 spiro atoms. The van der Waals surface area contributed by atoms with Crippen LogP contribution in [0.4, 0.5) is 21.5 Å². The summed E-state index contributed by atoms with van der Waals surface area (Å²) in [6, 6.07) is 6.34. The Hall–Kier alpha value is -2.63. The number of nitrogens with zero attached hydrogens (tertiary/aromatic N) is 2. The van der Waals surface area contributed by atoms with Crippen molar-refractivity contribution in [3.05, 3.63) is 48.0 Å². The number of anilines is 3. The van der Waals surface area contributed by atoms with Crippen LogP contribution in [0.15, 0.2) is 36.7 Å². The maximum atomic E-state index is 13.4. The molecule has 0 aliphatic heterocycles. The van der Waals surface area contributed by atoms with E-state index in [1.54, 1.807) is 18.2 Å². The fourth-order valence-corrected chi connectivity index (χ4v) is 1.77. The summed E-state index contributed by atoms with van der Waals surface area (Å²) >= 11 is 0. The standard InChI is InChI=1S/C14H15FN4O/c1-19(2)13-4-3-9(7-11(13)16)14(20)18-12-5-6-17-8-10(12)15/h3-8H,16H2,1-2H3,(H,17,18,20). The molecule has 104 valence electrons. The molecule has 2 aromatic rings. The summed E-state index contributed by atoms with van der Waals surface area (Å²) in [7, 11) is 3.72. The fraction of sp³-hybridized carbons (Fsp3) is 0.143. The molecule has 1 heterocycles. The predicted octanol–water partition coefficient (Wildman–Crippen LogP) is 2.12. The third-order valence-corrected chi connectivity index (χ3v) is 2.79. The van der Waals surface area contributed by atoms with Gasteiger partial charge in [-0.1, -0.05) is 0 Å². The van der Waals surface area contributed by atoms with E-state index >= 15 is 0 Å². The number of hydrogen-bond donors (Lipinski definition) is 2. The normalized spacial score (nSPS) is 10.2. The Labute approximate surface area is 116 Å². The molecule has 0 atom stereocenters. The van der Waals surface area contributed by atoms with E-state index in [1.807, 2.05) is 19.0 Å². The van der Waals surface area contributed by atoms with E-state index in [4.69, 9.17) is 5.73 Å². The number of carbonyl (C=O) groups excluding carboxylic acids is 1.